The first-order chi connectivity index (χ1) is 8.15. The summed E-state index contributed by atoms with van der Waals surface area (Å²) in [4.78, 5) is 0. The Bertz CT molecular complexity index is 376. The minimum Gasteiger partial charge on any atom is -0.493 e. The monoisotopic (exact) mass is 235 g/mol. The largest absolute Gasteiger partial charge is 0.493 e. The summed E-state index contributed by atoms with van der Waals surface area (Å²) >= 11 is 0. The van der Waals surface area contributed by atoms with Gasteiger partial charge in [0, 0.05) is 17.6 Å². The van der Waals surface area contributed by atoms with Crippen molar-refractivity contribution in [2.24, 2.45) is 0 Å². The second kappa shape index (κ2) is 5.07. The van der Waals surface area contributed by atoms with E-state index in [9.17, 15) is 0 Å². The average Bonchev–Trinajstić information content (AvgIpc) is 2.30. The Morgan fingerprint density at radius 3 is 2.88 bits per heavy atom. The van der Waals surface area contributed by atoms with Crippen molar-refractivity contribution in [2.45, 2.75) is 32.4 Å². The van der Waals surface area contributed by atoms with Crippen LogP contribution in [0.5, 0.6) is 5.75 Å². The third-order valence-electron chi connectivity index (χ3n) is 3.12. The maximum atomic E-state index is 5.92. The highest BCUT2D eigenvalue weighted by molar-refractivity contribution is 5.37. The van der Waals surface area contributed by atoms with Crippen LogP contribution in [0.3, 0.4) is 0 Å². The fourth-order valence-electron chi connectivity index (χ4n) is 2.31. The number of rotatable bonds is 3. The van der Waals surface area contributed by atoms with Gasteiger partial charge in [-0.3, -0.25) is 0 Å². The molecule has 1 saturated heterocycles. The standard InChI is InChI=1S/C14H21NO2/c1-4-16-12-8-6-5-7-11(12)13-14(2,3)15-9-10-17-13/h5-8,13,15H,4,9-10H2,1-3H3. The molecule has 1 atom stereocenters. The molecule has 1 N–H and O–H groups in total. The Morgan fingerprint density at radius 2 is 2.18 bits per heavy atom. The fourth-order valence-corrected chi connectivity index (χ4v) is 2.31. The van der Waals surface area contributed by atoms with Crippen molar-refractivity contribution in [3.63, 3.8) is 0 Å². The Morgan fingerprint density at radius 1 is 1.41 bits per heavy atom. The van der Waals surface area contributed by atoms with Gasteiger partial charge in [-0.2, -0.15) is 0 Å². The van der Waals surface area contributed by atoms with Crippen molar-refractivity contribution in [3.05, 3.63) is 29.8 Å². The lowest BCUT2D eigenvalue weighted by Crippen LogP contribution is -2.51. The van der Waals surface area contributed by atoms with E-state index >= 15 is 0 Å². The van der Waals surface area contributed by atoms with Crippen LogP contribution in [0.2, 0.25) is 0 Å². The van der Waals surface area contributed by atoms with Gasteiger partial charge in [-0.25, -0.2) is 0 Å². The van der Waals surface area contributed by atoms with Gasteiger partial charge in [0.1, 0.15) is 11.9 Å². The number of nitrogens with one attached hydrogen (secondary N) is 1. The molecule has 1 fully saturated rings. The molecule has 0 radical (unpaired) electrons. The Hall–Kier alpha value is -1.06. The van der Waals surface area contributed by atoms with Crippen LogP contribution in [0, 0.1) is 0 Å². The van der Waals surface area contributed by atoms with Crippen LogP contribution in [-0.4, -0.2) is 25.3 Å². The molecule has 0 aromatic heterocycles. The zero-order chi connectivity index (χ0) is 12.3. The van der Waals surface area contributed by atoms with E-state index in [2.05, 4.69) is 25.2 Å². The van der Waals surface area contributed by atoms with E-state index in [0.29, 0.717) is 6.61 Å². The summed E-state index contributed by atoms with van der Waals surface area (Å²) in [7, 11) is 0. The third-order valence-corrected chi connectivity index (χ3v) is 3.12. The molecule has 3 nitrogen and oxygen atoms in total. The number of hydrogen-bond acceptors (Lipinski definition) is 3. The Kier molecular flexibility index (Phi) is 3.69. The number of para-hydroxylation sites is 1. The second-order valence-electron chi connectivity index (χ2n) is 4.87. The zero-order valence-corrected chi connectivity index (χ0v) is 10.8. The topological polar surface area (TPSA) is 30.5 Å². The maximum Gasteiger partial charge on any atom is 0.125 e. The normalized spacial score (nSPS) is 23.4. The van der Waals surface area contributed by atoms with Gasteiger partial charge >= 0.3 is 0 Å². The van der Waals surface area contributed by atoms with Gasteiger partial charge in [0.15, 0.2) is 0 Å². The molecule has 94 valence electrons. The van der Waals surface area contributed by atoms with E-state index in [1.807, 2.05) is 25.1 Å². The number of hydrogen-bond donors (Lipinski definition) is 1. The number of morpholine rings is 1. The van der Waals surface area contributed by atoms with Gasteiger partial charge in [0.05, 0.1) is 13.2 Å². The summed E-state index contributed by atoms with van der Waals surface area (Å²) in [5.74, 6) is 0.928. The van der Waals surface area contributed by atoms with Crippen LogP contribution >= 0.6 is 0 Å². The molecule has 1 heterocycles. The van der Waals surface area contributed by atoms with Gasteiger partial charge in [0.25, 0.3) is 0 Å². The van der Waals surface area contributed by atoms with Crippen molar-refractivity contribution in [1.29, 1.82) is 0 Å². The van der Waals surface area contributed by atoms with Crippen molar-refractivity contribution < 1.29 is 9.47 Å². The molecule has 1 unspecified atom stereocenters. The van der Waals surface area contributed by atoms with Gasteiger partial charge in [-0.1, -0.05) is 18.2 Å². The van der Waals surface area contributed by atoms with Gasteiger partial charge in [-0.05, 0) is 26.8 Å². The van der Waals surface area contributed by atoms with Crippen LogP contribution in [-0.2, 0) is 4.74 Å². The molecule has 1 aliphatic rings. The van der Waals surface area contributed by atoms with E-state index in [1.165, 1.54) is 0 Å². The quantitative estimate of drug-likeness (QED) is 0.873. The van der Waals surface area contributed by atoms with Crippen molar-refractivity contribution in [1.82, 2.24) is 5.32 Å². The molecule has 1 aliphatic heterocycles. The molecule has 0 saturated carbocycles. The van der Waals surface area contributed by atoms with Crippen molar-refractivity contribution >= 4 is 0 Å². The van der Waals surface area contributed by atoms with Gasteiger partial charge in [0.2, 0.25) is 0 Å². The first kappa shape index (κ1) is 12.4. The summed E-state index contributed by atoms with van der Waals surface area (Å²) in [6.45, 7) is 8.66. The van der Waals surface area contributed by atoms with Crippen LogP contribution in [0.25, 0.3) is 0 Å². The molecule has 0 bridgehead atoms. The van der Waals surface area contributed by atoms with Crippen LogP contribution in [0.1, 0.15) is 32.4 Å². The Labute approximate surface area is 103 Å². The molecule has 0 spiro atoms. The van der Waals surface area contributed by atoms with Crippen molar-refractivity contribution in [2.75, 3.05) is 19.8 Å². The smallest absolute Gasteiger partial charge is 0.125 e. The number of ether oxygens (including phenoxy) is 2. The maximum absolute atomic E-state index is 5.92. The van der Waals surface area contributed by atoms with Crippen molar-refractivity contribution in [3.8, 4) is 5.75 Å². The minimum absolute atomic E-state index is 0.0407. The van der Waals surface area contributed by atoms with E-state index in [1.54, 1.807) is 0 Å². The predicted octanol–water partition coefficient (Wildman–Crippen LogP) is 2.52. The highest BCUT2D eigenvalue weighted by Gasteiger charge is 2.35. The molecule has 17 heavy (non-hydrogen) atoms. The zero-order valence-electron chi connectivity index (χ0n) is 10.8. The predicted molar refractivity (Wildman–Crippen MR) is 68.4 cm³/mol. The minimum atomic E-state index is -0.0640. The fraction of sp³-hybridized carbons (Fsp3) is 0.571. The summed E-state index contributed by atoms with van der Waals surface area (Å²) in [6, 6.07) is 8.13. The summed E-state index contributed by atoms with van der Waals surface area (Å²) < 4.78 is 11.6. The SMILES string of the molecule is CCOc1ccccc1C1OCCNC1(C)C. The molecule has 1 aromatic carbocycles. The molecule has 3 heteroatoms. The average molecular weight is 235 g/mol. The Balaban J connectivity index is 2.31. The van der Waals surface area contributed by atoms with E-state index in [4.69, 9.17) is 9.47 Å². The molecule has 0 aliphatic carbocycles. The first-order valence-corrected chi connectivity index (χ1v) is 6.23. The lowest BCUT2D eigenvalue weighted by molar-refractivity contribution is -0.0400. The van der Waals surface area contributed by atoms with Crippen LogP contribution < -0.4 is 10.1 Å². The van der Waals surface area contributed by atoms with E-state index in [-0.39, 0.29) is 11.6 Å². The lowest BCUT2D eigenvalue weighted by Gasteiger charge is -2.40. The number of benzene rings is 1. The van der Waals surface area contributed by atoms with Crippen LogP contribution in [0.4, 0.5) is 0 Å². The van der Waals surface area contributed by atoms with Gasteiger partial charge in [-0.15, -0.1) is 0 Å². The molecular formula is C14H21NO2. The third kappa shape index (κ3) is 2.61. The summed E-state index contributed by atoms with van der Waals surface area (Å²) in [5.41, 5.74) is 1.07. The lowest BCUT2D eigenvalue weighted by atomic mass is 9.89. The van der Waals surface area contributed by atoms with Gasteiger partial charge < -0.3 is 14.8 Å². The van der Waals surface area contributed by atoms with E-state index < -0.39 is 0 Å². The summed E-state index contributed by atoms with van der Waals surface area (Å²) in [5, 5.41) is 3.50. The highest BCUT2D eigenvalue weighted by atomic mass is 16.5. The molecule has 0 amide bonds. The first-order valence-electron chi connectivity index (χ1n) is 6.23. The second-order valence-corrected chi connectivity index (χ2v) is 4.87. The van der Waals surface area contributed by atoms with E-state index in [0.717, 1.165) is 24.5 Å². The molecule has 2 rings (SSSR count). The van der Waals surface area contributed by atoms with Crippen LogP contribution in [0.15, 0.2) is 24.3 Å². The highest BCUT2D eigenvalue weighted by Crippen LogP contribution is 2.36. The molecular weight excluding hydrogens is 214 g/mol. The summed E-state index contributed by atoms with van der Waals surface area (Å²) in [6.07, 6.45) is 0.0407. The molecule has 1 aromatic rings.